The number of carbonyl (C=O) groups is 1. The molecule has 1 aromatic carbocycles. The summed E-state index contributed by atoms with van der Waals surface area (Å²) < 4.78 is 76.5. The van der Waals surface area contributed by atoms with Gasteiger partial charge in [0, 0.05) is 23.7 Å². The Labute approximate surface area is 258 Å². The van der Waals surface area contributed by atoms with E-state index in [-0.39, 0.29) is 43.7 Å². The average molecular weight is 646 g/mol. The van der Waals surface area contributed by atoms with E-state index in [2.05, 4.69) is 25.0 Å². The number of benzene rings is 1. The Bertz CT molecular complexity index is 1710. The lowest BCUT2D eigenvalue weighted by Crippen LogP contribution is -2.50. The highest BCUT2D eigenvalue weighted by molar-refractivity contribution is 7.92. The molecule has 3 aromatic rings. The number of carboxylic acid groups (broad SMARTS) is 1. The van der Waals surface area contributed by atoms with Gasteiger partial charge in [-0.2, -0.15) is 26.6 Å². The summed E-state index contributed by atoms with van der Waals surface area (Å²) in [6, 6.07) is 10.2. The van der Waals surface area contributed by atoms with E-state index in [4.69, 9.17) is 4.74 Å². The van der Waals surface area contributed by atoms with Gasteiger partial charge < -0.3 is 15.2 Å². The minimum atomic E-state index is -4.43. The number of ether oxygens (including phenoxy) is 1. The third kappa shape index (κ3) is 6.62. The first kappa shape index (κ1) is 31.2. The van der Waals surface area contributed by atoms with Gasteiger partial charge in [-0.05, 0) is 87.5 Å². The van der Waals surface area contributed by atoms with Crippen molar-refractivity contribution in [2.24, 2.45) is 10.8 Å². The highest BCUT2D eigenvalue weighted by atomic mass is 32.2. The number of carboxylic acids is 1. The fourth-order valence-corrected chi connectivity index (χ4v) is 7.26. The van der Waals surface area contributed by atoms with Gasteiger partial charge in [0.15, 0.2) is 5.03 Å². The molecule has 0 aliphatic heterocycles. The molecule has 3 saturated carbocycles. The zero-order valence-electron chi connectivity index (χ0n) is 24.8. The van der Waals surface area contributed by atoms with Crippen LogP contribution in [0.2, 0.25) is 0 Å². The van der Waals surface area contributed by atoms with Crippen molar-refractivity contribution in [2.75, 3.05) is 11.3 Å². The van der Waals surface area contributed by atoms with E-state index < -0.39 is 44.3 Å². The molecule has 3 aliphatic rings. The molecule has 45 heavy (non-hydrogen) atoms. The number of pyridine rings is 1. The van der Waals surface area contributed by atoms with Crippen molar-refractivity contribution < 1.29 is 36.2 Å². The first-order valence-electron chi connectivity index (χ1n) is 14.8. The van der Waals surface area contributed by atoms with Crippen LogP contribution >= 0.6 is 0 Å². The Kier molecular flexibility index (Phi) is 7.79. The Morgan fingerprint density at radius 3 is 2.31 bits per heavy atom. The maximum Gasteiger partial charge on any atom is 0.394 e. The van der Waals surface area contributed by atoms with Crippen LogP contribution < -0.4 is 14.8 Å². The predicted molar refractivity (Wildman–Crippen MR) is 158 cm³/mol. The molecule has 14 heteroatoms. The summed E-state index contributed by atoms with van der Waals surface area (Å²) in [5.74, 6) is -1.78. The molecular formula is C31H34F3N5O5S. The molecule has 6 rings (SSSR count). The zero-order chi connectivity index (χ0) is 32.2. The summed E-state index contributed by atoms with van der Waals surface area (Å²) in [6.07, 6.45) is -0.0734. The highest BCUT2D eigenvalue weighted by Crippen LogP contribution is 2.62. The summed E-state index contributed by atoms with van der Waals surface area (Å²) in [4.78, 5) is 23.7. The van der Waals surface area contributed by atoms with E-state index >= 15 is 0 Å². The molecule has 240 valence electrons. The molecule has 1 atom stereocenters. The first-order chi connectivity index (χ1) is 21.2. The fraction of sp³-hybridized carbons (Fsp3) is 0.484. The van der Waals surface area contributed by atoms with Crippen LogP contribution in [-0.4, -0.2) is 59.3 Å². The minimum Gasteiger partial charge on any atom is -0.477 e. The number of hydrogen-bond donors (Lipinski definition) is 3. The van der Waals surface area contributed by atoms with Crippen molar-refractivity contribution in [2.45, 2.75) is 82.1 Å². The number of alkyl halides is 3. The van der Waals surface area contributed by atoms with Crippen molar-refractivity contribution in [3.8, 4) is 17.1 Å². The Morgan fingerprint density at radius 1 is 1.04 bits per heavy atom. The maximum absolute atomic E-state index is 13.9. The molecule has 0 bridgehead atoms. The number of hydrogen-bond acceptors (Lipinski definition) is 8. The molecule has 2 heterocycles. The molecule has 0 amide bonds. The van der Waals surface area contributed by atoms with Crippen LogP contribution in [0.1, 0.15) is 66.6 Å². The van der Waals surface area contributed by atoms with E-state index in [1.807, 2.05) is 32.0 Å². The molecule has 3 N–H and O–H groups in total. The number of rotatable bonds is 12. The predicted octanol–water partition coefficient (Wildman–Crippen LogP) is 5.67. The molecule has 1 unspecified atom stereocenters. The number of sulfonamides is 1. The van der Waals surface area contributed by atoms with Gasteiger partial charge in [0.1, 0.15) is 12.3 Å². The van der Waals surface area contributed by atoms with Gasteiger partial charge in [-0.25, -0.2) is 19.5 Å². The van der Waals surface area contributed by atoms with Crippen molar-refractivity contribution in [1.82, 2.24) is 20.3 Å². The normalized spacial score (nSPS) is 19.0. The molecule has 2 aromatic heterocycles. The van der Waals surface area contributed by atoms with E-state index in [9.17, 15) is 31.5 Å². The lowest BCUT2D eigenvalue weighted by atomic mass is 9.76. The Hall–Kier alpha value is -3.78. The lowest BCUT2D eigenvalue weighted by Gasteiger charge is -2.40. The van der Waals surface area contributed by atoms with E-state index in [1.165, 1.54) is 12.1 Å². The topological polar surface area (TPSA) is 143 Å². The van der Waals surface area contributed by atoms with Gasteiger partial charge in [-0.3, -0.25) is 0 Å². The van der Waals surface area contributed by atoms with E-state index in [0.717, 1.165) is 48.9 Å². The summed E-state index contributed by atoms with van der Waals surface area (Å²) in [7, 11) is -4.43. The second kappa shape index (κ2) is 11.2. The van der Waals surface area contributed by atoms with Crippen LogP contribution in [0.4, 0.5) is 19.1 Å². The standard InChI is InChI=1S/C31H34F3N5O5S/c1-18-5-3-6-19(2)26(18)23-13-24(38-28(37-23)39-45(42,43)25-8-4-7-22(36-25)27(40)41)44-17-21(16-30(11-12-30)31(32,33)34)35-20-14-29(15-20)9-10-29/h3-8,13,20-21,35H,9-12,14-17H2,1-2H3,(H,40,41)(H,37,38,39). The molecule has 0 saturated heterocycles. The third-order valence-corrected chi connectivity index (χ3v) is 10.4. The van der Waals surface area contributed by atoms with Gasteiger partial charge >= 0.3 is 12.1 Å². The zero-order valence-corrected chi connectivity index (χ0v) is 25.6. The number of anilines is 1. The Morgan fingerprint density at radius 2 is 1.71 bits per heavy atom. The van der Waals surface area contributed by atoms with Gasteiger partial charge in [-0.1, -0.05) is 24.3 Å². The molecular weight excluding hydrogens is 611 g/mol. The van der Waals surface area contributed by atoms with Crippen molar-refractivity contribution in [3.05, 3.63) is 59.3 Å². The number of aryl methyl sites for hydroxylation is 2. The number of nitrogens with zero attached hydrogens (tertiary/aromatic N) is 3. The molecule has 3 aliphatic carbocycles. The average Bonchev–Trinajstić information content (AvgIpc) is 3.87. The van der Waals surface area contributed by atoms with Crippen LogP contribution in [0.15, 0.2) is 47.5 Å². The number of nitrogens with one attached hydrogen (secondary N) is 2. The smallest absolute Gasteiger partial charge is 0.394 e. The van der Waals surface area contributed by atoms with Crippen LogP contribution in [0, 0.1) is 24.7 Å². The molecule has 1 spiro atoms. The maximum atomic E-state index is 13.9. The fourth-order valence-electron chi connectivity index (χ4n) is 6.35. The van der Waals surface area contributed by atoms with Crippen LogP contribution in [0.25, 0.3) is 11.3 Å². The first-order valence-corrected chi connectivity index (χ1v) is 16.3. The SMILES string of the molecule is Cc1cccc(C)c1-c1cc(OCC(CC2(C(F)(F)F)CC2)NC2CC3(CC3)C2)nc(NS(=O)(=O)c2cccc(C(=O)O)n2)n1. The summed E-state index contributed by atoms with van der Waals surface area (Å²) in [6.45, 7) is 3.63. The molecule has 0 radical (unpaired) electrons. The van der Waals surface area contributed by atoms with E-state index in [0.29, 0.717) is 16.7 Å². The number of halogens is 3. The van der Waals surface area contributed by atoms with Crippen molar-refractivity contribution in [1.29, 1.82) is 0 Å². The monoisotopic (exact) mass is 645 g/mol. The quantitative estimate of drug-likeness (QED) is 0.227. The number of aromatic carboxylic acids is 1. The molecule has 10 nitrogen and oxygen atoms in total. The van der Waals surface area contributed by atoms with Crippen molar-refractivity contribution in [3.63, 3.8) is 0 Å². The van der Waals surface area contributed by atoms with Gasteiger partial charge in [0.2, 0.25) is 11.8 Å². The second-order valence-electron chi connectivity index (χ2n) is 12.7. The van der Waals surface area contributed by atoms with Gasteiger partial charge in [0.25, 0.3) is 10.0 Å². The lowest BCUT2D eigenvalue weighted by molar-refractivity contribution is -0.191. The van der Waals surface area contributed by atoms with Crippen LogP contribution in [-0.2, 0) is 10.0 Å². The highest BCUT2D eigenvalue weighted by Gasteiger charge is 2.63. The third-order valence-electron chi connectivity index (χ3n) is 9.20. The summed E-state index contributed by atoms with van der Waals surface area (Å²) in [5.41, 5.74) is 0.923. The largest absolute Gasteiger partial charge is 0.477 e. The minimum absolute atomic E-state index is 0.0245. The van der Waals surface area contributed by atoms with E-state index in [1.54, 1.807) is 0 Å². The van der Waals surface area contributed by atoms with Crippen LogP contribution in [0.3, 0.4) is 0 Å². The van der Waals surface area contributed by atoms with Gasteiger partial charge in [0.05, 0.1) is 11.1 Å². The van der Waals surface area contributed by atoms with Gasteiger partial charge in [-0.15, -0.1) is 0 Å². The van der Waals surface area contributed by atoms with Crippen molar-refractivity contribution >= 4 is 21.9 Å². The van der Waals surface area contributed by atoms with Crippen LogP contribution in [0.5, 0.6) is 5.88 Å². The molecule has 3 fully saturated rings. The summed E-state index contributed by atoms with van der Waals surface area (Å²) in [5, 5.41) is 12.1. The Balaban J connectivity index is 1.29. The number of aromatic nitrogens is 3. The summed E-state index contributed by atoms with van der Waals surface area (Å²) >= 11 is 0. The second-order valence-corrected chi connectivity index (χ2v) is 14.3.